The lowest BCUT2D eigenvalue weighted by Crippen LogP contribution is -2.60. The van der Waals surface area contributed by atoms with Gasteiger partial charge in [0.2, 0.25) is 5.91 Å². The summed E-state index contributed by atoms with van der Waals surface area (Å²) in [4.78, 5) is 113. The topological polar surface area (TPSA) is 366 Å². The van der Waals surface area contributed by atoms with Crippen molar-refractivity contribution >= 4 is 31.0 Å². The number of H-pyrrole nitrogens is 2. The molecule has 4 aliphatic carbocycles. The average molecular weight is 1070 g/mol. The second-order valence-corrected chi connectivity index (χ2v) is 23.6. The molecule has 14 atom stereocenters. The maximum Gasteiger partial charge on any atom is 0.405 e. The maximum absolute atomic E-state index is 14.5. The van der Waals surface area contributed by atoms with Crippen molar-refractivity contribution in [3.8, 4) is 0 Å². The number of nitrogens with zero attached hydrogens (tertiary/aromatic N) is 8. The number of aromatic nitrogens is 4. The van der Waals surface area contributed by atoms with E-state index in [1.807, 2.05) is 0 Å². The number of nitrogens with one attached hydrogen (secondary N) is 5. The van der Waals surface area contributed by atoms with E-state index < -0.39 is 85.6 Å². The number of hydrogen-bond donors (Lipinski definition) is 5. The van der Waals surface area contributed by atoms with Gasteiger partial charge in [-0.1, -0.05) is 31.0 Å². The Morgan fingerprint density at radius 2 is 1.41 bits per heavy atom. The minimum Gasteiger partial charge on any atom is -0.355 e. The van der Waals surface area contributed by atoms with E-state index in [0.29, 0.717) is 38.6 Å². The molecule has 2 aromatic rings. The molecular weight excluding hydrogens is 998 g/mol. The standard InChI is InChI=1S/C48H68N13O13P/c1-25(30-7-8-31-42-32(18-38(64)48(30,31)5)47(4)11-10-29(62)16-28(47)17-35(42)63)6-9-39(65)52-14-12-51-13-15-53-75(70,71-23-36-33(56-58-49)19-40(73-36)60-21-26(2)43(66)54-45(60)68)72-24-37-34(57-59-50)20-41(74-37)61-22-27(3)44(67)55-46(61)69/h21-22,25,28,30-34,36-37,40-42,51H,6-20,23-24H2,1-5H3,(H,52,65)(H,53,70)(H,54,66,68)(H,55,67,69)/t25?,28-,30+,31-,32-,33-,34-,36+,37+,40+,41+,42-,47-,48+/m0/s1. The first kappa shape index (κ1) is 55.7. The smallest absolute Gasteiger partial charge is 0.355 e. The number of ketones is 3. The SMILES string of the molecule is Cc1cn([C@H]2C[C@H](N=[N+]=[N-])[C@@H](COP(=O)(NCCNCCNC(=O)CCC(C)[C@H]3CC[C@H]4[C@@H]5C(=O)C[C@@H]6CC(=O)CC[C@]6(C)[C@H]5CC(=O)[C@]34C)OC[C@H]3O[C@@H](n4cc(C)c(=O)[nH]c4=O)C[C@@H]3N=[N+]=[N-])O2)c(=O)[nH]c1=O. The van der Waals surface area contributed by atoms with Crippen LogP contribution in [0.4, 0.5) is 0 Å². The van der Waals surface area contributed by atoms with Gasteiger partial charge in [-0.05, 0) is 85.6 Å². The predicted molar refractivity (Wildman–Crippen MR) is 268 cm³/mol. The largest absolute Gasteiger partial charge is 0.405 e. The quantitative estimate of drug-likeness (QED) is 0.0387. The van der Waals surface area contributed by atoms with Crippen LogP contribution in [-0.2, 0) is 42.3 Å². The zero-order valence-electron chi connectivity index (χ0n) is 42.9. The highest BCUT2D eigenvalue weighted by atomic mass is 31.2. The normalized spacial score (nSPS) is 33.3. The third-order valence-corrected chi connectivity index (χ3v) is 19.1. The zero-order valence-corrected chi connectivity index (χ0v) is 43.8. The van der Waals surface area contributed by atoms with Crippen LogP contribution in [0.3, 0.4) is 0 Å². The molecule has 2 aromatic heterocycles. The molecule has 0 bridgehead atoms. The van der Waals surface area contributed by atoms with Gasteiger partial charge in [-0.25, -0.2) is 19.2 Å². The van der Waals surface area contributed by atoms with Gasteiger partial charge in [0.15, 0.2) is 0 Å². The van der Waals surface area contributed by atoms with Crippen molar-refractivity contribution in [1.82, 2.24) is 34.8 Å². The number of amides is 1. The van der Waals surface area contributed by atoms with Crippen LogP contribution in [0.25, 0.3) is 20.9 Å². The Kier molecular flexibility index (Phi) is 17.0. The second-order valence-electron chi connectivity index (χ2n) is 21.8. The van der Waals surface area contributed by atoms with E-state index in [1.54, 1.807) is 0 Å². The summed E-state index contributed by atoms with van der Waals surface area (Å²) in [5, 5.41) is 16.5. The van der Waals surface area contributed by atoms with E-state index in [4.69, 9.17) is 18.5 Å². The second kappa shape index (κ2) is 23.0. The summed E-state index contributed by atoms with van der Waals surface area (Å²) in [6.45, 7) is 9.23. The van der Waals surface area contributed by atoms with Gasteiger partial charge in [0.05, 0.1) is 37.5 Å². The molecular formula is C48H68N13O13P. The number of rotatable bonds is 21. The third kappa shape index (κ3) is 11.6. The molecule has 0 aromatic carbocycles. The number of azide groups is 2. The van der Waals surface area contributed by atoms with E-state index in [0.717, 1.165) is 28.4 Å². The lowest BCUT2D eigenvalue weighted by Gasteiger charge is -2.58. The van der Waals surface area contributed by atoms with Gasteiger partial charge in [-0.15, -0.1) is 0 Å². The van der Waals surface area contributed by atoms with Crippen LogP contribution in [-0.4, -0.2) is 106 Å². The van der Waals surface area contributed by atoms with E-state index in [9.17, 15) is 54.0 Å². The summed E-state index contributed by atoms with van der Waals surface area (Å²) in [7, 11) is -4.36. The Hall–Kier alpha value is -5.55. The first-order valence-electron chi connectivity index (χ1n) is 25.9. The monoisotopic (exact) mass is 1070 g/mol. The lowest BCUT2D eigenvalue weighted by atomic mass is 9.44. The fraction of sp³-hybridized carbons (Fsp3) is 0.750. The predicted octanol–water partition coefficient (Wildman–Crippen LogP) is 4.08. The molecule has 2 saturated heterocycles. The fourth-order valence-electron chi connectivity index (χ4n) is 13.3. The Bertz CT molecular complexity index is 2810. The summed E-state index contributed by atoms with van der Waals surface area (Å²) >= 11 is 0. The molecule has 6 fully saturated rings. The lowest BCUT2D eigenvalue weighted by molar-refractivity contribution is -0.166. The first-order chi connectivity index (χ1) is 35.7. The molecule has 1 amide bonds. The van der Waals surface area contributed by atoms with E-state index >= 15 is 0 Å². The molecule has 4 heterocycles. The van der Waals surface area contributed by atoms with Crippen LogP contribution >= 0.6 is 7.75 Å². The molecule has 8 rings (SSSR count). The number of Topliss-reactive ketones (excluding diaryl/α,β-unsaturated/α-hetero) is 3. The van der Waals surface area contributed by atoms with Crippen molar-refractivity contribution in [3.05, 3.63) is 86.1 Å². The van der Waals surface area contributed by atoms with Gasteiger partial charge in [0.25, 0.3) is 11.1 Å². The van der Waals surface area contributed by atoms with Gasteiger partial charge in [0, 0.05) is 116 Å². The van der Waals surface area contributed by atoms with Gasteiger partial charge in [-0.3, -0.25) is 56.9 Å². The van der Waals surface area contributed by atoms with E-state index in [-0.39, 0.29) is 114 Å². The molecule has 5 N–H and O–H groups in total. The van der Waals surface area contributed by atoms with Crippen LogP contribution in [0.15, 0.2) is 41.8 Å². The number of aryl methyl sites for hydroxylation is 2. The van der Waals surface area contributed by atoms with E-state index in [1.165, 1.54) is 26.2 Å². The van der Waals surface area contributed by atoms with Crippen molar-refractivity contribution in [2.24, 2.45) is 56.6 Å². The summed E-state index contributed by atoms with van der Waals surface area (Å²) in [5.41, 5.74) is 15.7. The van der Waals surface area contributed by atoms with Gasteiger partial charge in [0.1, 0.15) is 29.8 Å². The van der Waals surface area contributed by atoms with Crippen LogP contribution in [0.5, 0.6) is 0 Å². The number of aromatic amines is 2. The molecule has 0 spiro atoms. The van der Waals surface area contributed by atoms with Crippen LogP contribution in [0, 0.1) is 60.2 Å². The van der Waals surface area contributed by atoms with Crippen molar-refractivity contribution in [2.75, 3.05) is 39.4 Å². The van der Waals surface area contributed by atoms with Crippen molar-refractivity contribution < 1.29 is 42.3 Å². The molecule has 6 aliphatic rings. The minimum atomic E-state index is -4.36. The molecule has 2 aliphatic heterocycles. The summed E-state index contributed by atoms with van der Waals surface area (Å²) in [6, 6.07) is -1.81. The number of carbonyl (C=O) groups excluding carboxylic acids is 4. The van der Waals surface area contributed by atoms with Crippen LogP contribution in [0.2, 0.25) is 0 Å². The molecule has 27 heteroatoms. The molecule has 75 heavy (non-hydrogen) atoms. The molecule has 4 saturated carbocycles. The number of hydrogen-bond acceptors (Lipinski definition) is 16. The van der Waals surface area contributed by atoms with Crippen molar-refractivity contribution in [3.63, 3.8) is 0 Å². The first-order valence-corrected chi connectivity index (χ1v) is 27.5. The van der Waals surface area contributed by atoms with Gasteiger partial charge < -0.3 is 20.1 Å². The Morgan fingerprint density at radius 3 is 1.99 bits per heavy atom. The highest BCUT2D eigenvalue weighted by Gasteiger charge is 2.66. The number of fused-ring (bicyclic) bond motifs is 5. The highest BCUT2D eigenvalue weighted by Crippen LogP contribution is 2.66. The average Bonchev–Trinajstić information content (AvgIpc) is 4.12. The Labute approximate surface area is 431 Å². The highest BCUT2D eigenvalue weighted by molar-refractivity contribution is 7.51. The molecule has 408 valence electrons. The van der Waals surface area contributed by atoms with Gasteiger partial charge in [-0.2, -0.15) is 0 Å². The van der Waals surface area contributed by atoms with Crippen molar-refractivity contribution in [2.45, 2.75) is 142 Å². The van der Waals surface area contributed by atoms with Crippen LogP contribution in [0.1, 0.15) is 115 Å². The minimum absolute atomic E-state index is 0.00471. The Balaban J connectivity index is 0.838. The molecule has 26 nitrogen and oxygen atoms in total. The summed E-state index contributed by atoms with van der Waals surface area (Å²) in [6.07, 6.45) is 3.50. The van der Waals surface area contributed by atoms with Crippen molar-refractivity contribution in [1.29, 1.82) is 0 Å². The maximum atomic E-state index is 14.5. The summed E-state index contributed by atoms with van der Waals surface area (Å²) < 4.78 is 40.7. The van der Waals surface area contributed by atoms with E-state index in [2.05, 4.69) is 66.5 Å². The molecule has 1 unspecified atom stereocenters. The number of carbonyl (C=O) groups is 4. The third-order valence-electron chi connectivity index (χ3n) is 17.5. The molecule has 0 radical (unpaired) electrons. The summed E-state index contributed by atoms with van der Waals surface area (Å²) in [5.74, 6) is 0.395. The Morgan fingerprint density at radius 1 is 0.840 bits per heavy atom. The number of ether oxygens (including phenoxy) is 2. The zero-order chi connectivity index (χ0) is 54.0. The van der Waals surface area contributed by atoms with Gasteiger partial charge >= 0.3 is 19.1 Å². The van der Waals surface area contributed by atoms with Crippen LogP contribution < -0.4 is 38.2 Å². The fourth-order valence-corrected chi connectivity index (χ4v) is 14.6.